The molecular formula is C14H16ClF2N3O. The van der Waals surface area contributed by atoms with Gasteiger partial charge in [0.25, 0.3) is 0 Å². The van der Waals surface area contributed by atoms with Crippen LogP contribution < -0.4 is 10.5 Å². The Morgan fingerprint density at radius 2 is 1.95 bits per heavy atom. The van der Waals surface area contributed by atoms with Crippen LogP contribution in [0.3, 0.4) is 0 Å². The molecule has 0 saturated carbocycles. The highest BCUT2D eigenvalue weighted by Gasteiger charge is 2.17. The van der Waals surface area contributed by atoms with E-state index in [0.29, 0.717) is 28.5 Å². The zero-order valence-electron chi connectivity index (χ0n) is 11.8. The van der Waals surface area contributed by atoms with Gasteiger partial charge in [-0.05, 0) is 31.5 Å². The van der Waals surface area contributed by atoms with Crippen LogP contribution in [-0.4, -0.2) is 9.78 Å². The highest BCUT2D eigenvalue weighted by Crippen LogP contribution is 2.26. The number of nitrogens with zero attached hydrogens (tertiary/aromatic N) is 2. The minimum Gasteiger partial charge on any atom is -0.481 e. The van der Waals surface area contributed by atoms with Gasteiger partial charge in [0.2, 0.25) is 0 Å². The predicted molar refractivity (Wildman–Crippen MR) is 76.2 cm³/mol. The molecule has 2 aromatic rings. The molecule has 0 spiro atoms. The number of rotatable bonds is 5. The van der Waals surface area contributed by atoms with Crippen molar-refractivity contribution < 1.29 is 13.5 Å². The van der Waals surface area contributed by atoms with E-state index in [1.807, 2.05) is 6.92 Å². The third-order valence-electron chi connectivity index (χ3n) is 3.10. The molecule has 21 heavy (non-hydrogen) atoms. The fourth-order valence-corrected chi connectivity index (χ4v) is 2.21. The van der Waals surface area contributed by atoms with Crippen LogP contribution >= 0.6 is 11.6 Å². The average Bonchev–Trinajstić information content (AvgIpc) is 2.73. The van der Waals surface area contributed by atoms with Gasteiger partial charge < -0.3 is 10.5 Å². The third kappa shape index (κ3) is 3.16. The maximum absolute atomic E-state index is 13.8. The average molecular weight is 316 g/mol. The normalized spacial score (nSPS) is 11.0. The van der Waals surface area contributed by atoms with Crippen molar-refractivity contribution in [3.05, 3.63) is 45.7 Å². The molecule has 2 rings (SSSR count). The smallest absolute Gasteiger partial charge is 0.191 e. The topological polar surface area (TPSA) is 53.1 Å². The Balaban J connectivity index is 2.25. The van der Waals surface area contributed by atoms with Crippen molar-refractivity contribution in [3.63, 3.8) is 0 Å². The second kappa shape index (κ2) is 6.41. The number of aryl methyl sites for hydroxylation is 2. The molecule has 0 atom stereocenters. The standard InChI is InChI=1S/C14H16ClF2N3O/c1-3-20-12(13(15)8(2)19-20)7-21-14-10(16)4-9(6-18)5-11(14)17/h4-5H,3,6-7,18H2,1-2H3. The fourth-order valence-electron chi connectivity index (χ4n) is 2.02. The van der Waals surface area contributed by atoms with E-state index in [1.54, 1.807) is 11.6 Å². The summed E-state index contributed by atoms with van der Waals surface area (Å²) in [4.78, 5) is 0. The molecule has 114 valence electrons. The second-order valence-corrected chi connectivity index (χ2v) is 4.92. The van der Waals surface area contributed by atoms with E-state index in [9.17, 15) is 8.78 Å². The van der Waals surface area contributed by atoms with Crippen molar-refractivity contribution in [1.82, 2.24) is 9.78 Å². The van der Waals surface area contributed by atoms with Crippen molar-refractivity contribution in [2.24, 2.45) is 5.73 Å². The minimum atomic E-state index is -0.786. The minimum absolute atomic E-state index is 0.0573. The molecular weight excluding hydrogens is 300 g/mol. The monoisotopic (exact) mass is 315 g/mol. The Bertz CT molecular complexity index is 635. The summed E-state index contributed by atoms with van der Waals surface area (Å²) in [6.07, 6.45) is 0. The van der Waals surface area contributed by atoms with Gasteiger partial charge in [-0.25, -0.2) is 8.78 Å². The molecule has 0 aliphatic rings. The first kappa shape index (κ1) is 15.7. The Kier molecular flexibility index (Phi) is 4.80. The van der Waals surface area contributed by atoms with E-state index in [1.165, 1.54) is 0 Å². The van der Waals surface area contributed by atoms with Crippen LogP contribution in [0.2, 0.25) is 5.02 Å². The number of benzene rings is 1. The highest BCUT2D eigenvalue weighted by atomic mass is 35.5. The molecule has 2 N–H and O–H groups in total. The number of aromatic nitrogens is 2. The van der Waals surface area contributed by atoms with Crippen molar-refractivity contribution in [1.29, 1.82) is 0 Å². The maximum atomic E-state index is 13.8. The molecule has 0 amide bonds. The Morgan fingerprint density at radius 3 is 2.48 bits per heavy atom. The van der Waals surface area contributed by atoms with Crippen LogP contribution in [-0.2, 0) is 19.7 Å². The summed E-state index contributed by atoms with van der Waals surface area (Å²) in [5.74, 6) is -2.01. The van der Waals surface area contributed by atoms with Gasteiger partial charge in [-0.2, -0.15) is 5.10 Å². The van der Waals surface area contributed by atoms with Crippen LogP contribution in [0.5, 0.6) is 5.75 Å². The number of halogens is 3. The number of ether oxygens (including phenoxy) is 1. The Hall–Kier alpha value is -1.66. The largest absolute Gasteiger partial charge is 0.481 e. The molecule has 1 aromatic carbocycles. The number of hydrogen-bond acceptors (Lipinski definition) is 3. The van der Waals surface area contributed by atoms with Gasteiger partial charge >= 0.3 is 0 Å². The quantitative estimate of drug-likeness (QED) is 0.922. The molecule has 0 fully saturated rings. The van der Waals surface area contributed by atoms with Crippen molar-refractivity contribution in [2.75, 3.05) is 0 Å². The van der Waals surface area contributed by atoms with Crippen LogP contribution in [0.15, 0.2) is 12.1 Å². The Morgan fingerprint density at radius 1 is 1.33 bits per heavy atom. The summed E-state index contributed by atoms with van der Waals surface area (Å²) in [7, 11) is 0. The van der Waals surface area contributed by atoms with Gasteiger partial charge in [0.15, 0.2) is 17.4 Å². The van der Waals surface area contributed by atoms with Crippen molar-refractivity contribution >= 4 is 11.6 Å². The second-order valence-electron chi connectivity index (χ2n) is 4.54. The molecule has 1 heterocycles. The lowest BCUT2D eigenvalue weighted by Gasteiger charge is -2.11. The first-order valence-corrected chi connectivity index (χ1v) is 6.88. The van der Waals surface area contributed by atoms with Gasteiger partial charge in [0.1, 0.15) is 6.61 Å². The lowest BCUT2D eigenvalue weighted by molar-refractivity contribution is 0.263. The first-order chi connectivity index (χ1) is 9.97. The zero-order valence-corrected chi connectivity index (χ0v) is 12.5. The fraction of sp³-hybridized carbons (Fsp3) is 0.357. The van der Waals surface area contributed by atoms with Crippen molar-refractivity contribution in [2.45, 2.75) is 33.5 Å². The molecule has 0 unspecified atom stereocenters. The van der Waals surface area contributed by atoms with Gasteiger partial charge in [-0.3, -0.25) is 4.68 Å². The van der Waals surface area contributed by atoms with Gasteiger partial charge in [0.05, 0.1) is 16.4 Å². The number of nitrogens with two attached hydrogens (primary N) is 1. The predicted octanol–water partition coefficient (Wildman–Crippen LogP) is 3.18. The van der Waals surface area contributed by atoms with Crippen molar-refractivity contribution in [3.8, 4) is 5.75 Å². The molecule has 0 aliphatic heterocycles. The Labute approximate surface area is 126 Å². The summed E-state index contributed by atoms with van der Waals surface area (Å²) >= 11 is 6.12. The zero-order chi connectivity index (χ0) is 15.6. The summed E-state index contributed by atoms with van der Waals surface area (Å²) in [6.45, 7) is 4.23. The van der Waals surface area contributed by atoms with Gasteiger partial charge in [0, 0.05) is 13.1 Å². The maximum Gasteiger partial charge on any atom is 0.191 e. The summed E-state index contributed by atoms with van der Waals surface area (Å²) in [5.41, 5.74) is 6.96. The molecule has 0 saturated heterocycles. The van der Waals surface area contributed by atoms with Crippen LogP contribution in [0, 0.1) is 18.6 Å². The molecule has 7 heteroatoms. The SMILES string of the molecule is CCn1nc(C)c(Cl)c1COc1c(F)cc(CN)cc1F. The van der Waals surface area contributed by atoms with Gasteiger partial charge in [-0.1, -0.05) is 11.6 Å². The van der Waals surface area contributed by atoms with Crippen LogP contribution in [0.4, 0.5) is 8.78 Å². The van der Waals surface area contributed by atoms with Gasteiger partial charge in [-0.15, -0.1) is 0 Å². The summed E-state index contributed by atoms with van der Waals surface area (Å²) < 4.78 is 34.5. The molecule has 4 nitrogen and oxygen atoms in total. The summed E-state index contributed by atoms with van der Waals surface area (Å²) in [5, 5.41) is 4.65. The lowest BCUT2D eigenvalue weighted by atomic mass is 10.2. The van der Waals surface area contributed by atoms with E-state index in [0.717, 1.165) is 12.1 Å². The van der Waals surface area contributed by atoms with Crippen LogP contribution in [0.1, 0.15) is 23.9 Å². The third-order valence-corrected chi connectivity index (χ3v) is 3.59. The summed E-state index contributed by atoms with van der Waals surface area (Å²) in [6, 6.07) is 2.31. The highest BCUT2D eigenvalue weighted by molar-refractivity contribution is 6.31. The van der Waals surface area contributed by atoms with E-state index in [4.69, 9.17) is 22.1 Å². The molecule has 0 radical (unpaired) electrons. The lowest BCUT2D eigenvalue weighted by Crippen LogP contribution is -2.08. The van der Waals surface area contributed by atoms with E-state index < -0.39 is 17.4 Å². The van der Waals surface area contributed by atoms with E-state index in [-0.39, 0.29) is 13.2 Å². The number of hydrogen-bond donors (Lipinski definition) is 1. The molecule has 0 bridgehead atoms. The van der Waals surface area contributed by atoms with E-state index >= 15 is 0 Å². The molecule has 1 aromatic heterocycles. The van der Waals surface area contributed by atoms with E-state index in [2.05, 4.69) is 5.10 Å². The molecule has 0 aliphatic carbocycles. The van der Waals surface area contributed by atoms with Crippen LogP contribution in [0.25, 0.3) is 0 Å². The first-order valence-electron chi connectivity index (χ1n) is 6.50.